The summed E-state index contributed by atoms with van der Waals surface area (Å²) in [6.45, 7) is 3.46. The van der Waals surface area contributed by atoms with E-state index in [1.165, 1.54) is 0 Å². The lowest BCUT2D eigenvalue weighted by Crippen LogP contribution is -2.25. The number of hydrogen-bond acceptors (Lipinski definition) is 3. The summed E-state index contributed by atoms with van der Waals surface area (Å²) in [5.41, 5.74) is 1.49. The van der Waals surface area contributed by atoms with Gasteiger partial charge in [0.15, 0.2) is 18.9 Å². The number of hydrogen-bond donors (Lipinski definition) is 0. The van der Waals surface area contributed by atoms with Gasteiger partial charge >= 0.3 is 0 Å². The van der Waals surface area contributed by atoms with Crippen molar-refractivity contribution in [2.75, 3.05) is 5.75 Å². The minimum absolute atomic E-state index is 0.0157. The lowest BCUT2D eigenvalue weighted by molar-refractivity contribution is 0.101. The lowest BCUT2D eigenvalue weighted by Gasteiger charge is -2.08. The van der Waals surface area contributed by atoms with Gasteiger partial charge in [-0.05, 0) is 6.92 Å². The number of carbonyl (C=O) groups is 1. The highest BCUT2D eigenvalue weighted by atomic mass is 127. The van der Waals surface area contributed by atoms with Crippen LogP contribution in [0.15, 0.2) is 24.3 Å². The Morgan fingerprint density at radius 2 is 1.81 bits per heavy atom. The molecule has 0 aliphatic heterocycles. The Hall–Kier alpha value is -0.430. The summed E-state index contributed by atoms with van der Waals surface area (Å²) < 4.78 is 22.1. The van der Waals surface area contributed by atoms with Crippen LogP contribution in [0.25, 0.3) is 0 Å². The lowest BCUT2D eigenvalue weighted by atomic mass is 10.1. The van der Waals surface area contributed by atoms with E-state index in [4.69, 9.17) is 0 Å². The van der Waals surface area contributed by atoms with Gasteiger partial charge in [0.1, 0.15) is 0 Å². The molecule has 0 saturated carbocycles. The summed E-state index contributed by atoms with van der Waals surface area (Å²) >= 11 is 1.69. The summed E-state index contributed by atoms with van der Waals surface area (Å²) in [6, 6.07) is 6.92. The van der Waals surface area contributed by atoms with Crippen LogP contribution in [0.3, 0.4) is 0 Å². The predicted molar refractivity (Wildman–Crippen MR) is 72.8 cm³/mol. The van der Waals surface area contributed by atoms with Crippen molar-refractivity contribution in [2.45, 2.75) is 17.1 Å². The van der Waals surface area contributed by atoms with Gasteiger partial charge in [-0.25, -0.2) is 8.42 Å². The molecule has 0 unspecified atom stereocenters. The standard InChI is InChI=1S/C11H13IO3S/c1-3-16(14,15)11(12)10(13)9-6-4-8(2)5-7-9/h4-7,11H,3H2,1-2H3/t11-/m0/s1. The Morgan fingerprint density at radius 3 is 2.25 bits per heavy atom. The number of benzene rings is 1. The van der Waals surface area contributed by atoms with Crippen molar-refractivity contribution in [1.82, 2.24) is 0 Å². The molecule has 1 aromatic rings. The molecule has 1 atom stereocenters. The third-order valence-electron chi connectivity index (χ3n) is 2.26. The van der Waals surface area contributed by atoms with Crippen molar-refractivity contribution >= 4 is 38.2 Å². The average Bonchev–Trinajstić information content (AvgIpc) is 2.28. The SMILES string of the molecule is CCS(=O)(=O)[C@H](I)C(=O)c1ccc(C)cc1. The highest BCUT2D eigenvalue weighted by molar-refractivity contribution is 14.1. The molecule has 0 N–H and O–H groups in total. The van der Waals surface area contributed by atoms with Gasteiger partial charge < -0.3 is 0 Å². The topological polar surface area (TPSA) is 51.2 Å². The van der Waals surface area contributed by atoms with E-state index in [0.717, 1.165) is 5.56 Å². The van der Waals surface area contributed by atoms with Crippen molar-refractivity contribution in [1.29, 1.82) is 0 Å². The third kappa shape index (κ3) is 3.04. The Bertz CT molecular complexity index is 476. The molecular weight excluding hydrogens is 339 g/mol. The van der Waals surface area contributed by atoms with Crippen LogP contribution >= 0.6 is 22.6 Å². The Labute approximate surface area is 109 Å². The van der Waals surface area contributed by atoms with E-state index in [2.05, 4.69) is 0 Å². The summed E-state index contributed by atoms with van der Waals surface area (Å²) in [5.74, 6) is -0.361. The van der Waals surface area contributed by atoms with Gasteiger partial charge in [-0.2, -0.15) is 0 Å². The van der Waals surface area contributed by atoms with Crippen LogP contribution in [0.1, 0.15) is 22.8 Å². The van der Waals surface area contributed by atoms with E-state index in [0.29, 0.717) is 5.56 Å². The molecule has 1 rings (SSSR count). The van der Waals surface area contributed by atoms with Gasteiger partial charge in [0.05, 0.1) is 0 Å². The molecule has 88 valence electrons. The van der Waals surface area contributed by atoms with Crippen molar-refractivity contribution in [3.63, 3.8) is 0 Å². The number of Topliss-reactive ketones (excluding diaryl/α,β-unsaturated/α-hetero) is 1. The van der Waals surface area contributed by atoms with E-state index >= 15 is 0 Å². The van der Waals surface area contributed by atoms with Crippen molar-refractivity contribution in [3.8, 4) is 0 Å². The maximum absolute atomic E-state index is 11.9. The monoisotopic (exact) mass is 352 g/mol. The molecule has 0 spiro atoms. The van der Waals surface area contributed by atoms with Gasteiger partial charge in [0, 0.05) is 11.3 Å². The largest absolute Gasteiger partial charge is 0.292 e. The second kappa shape index (κ2) is 5.27. The van der Waals surface area contributed by atoms with Crippen LogP contribution in [0.2, 0.25) is 0 Å². The van der Waals surface area contributed by atoms with E-state index in [1.807, 2.05) is 6.92 Å². The number of sulfone groups is 1. The van der Waals surface area contributed by atoms with Crippen LogP contribution in [0.5, 0.6) is 0 Å². The zero-order chi connectivity index (χ0) is 12.3. The molecule has 0 radical (unpaired) electrons. The molecule has 0 bridgehead atoms. The maximum atomic E-state index is 11.9. The highest BCUT2D eigenvalue weighted by Gasteiger charge is 2.28. The summed E-state index contributed by atoms with van der Waals surface area (Å²) in [5, 5.41) is 0. The first-order valence-corrected chi connectivity index (χ1v) is 7.81. The average molecular weight is 352 g/mol. The van der Waals surface area contributed by atoms with E-state index < -0.39 is 13.1 Å². The van der Waals surface area contributed by atoms with E-state index in [-0.39, 0.29) is 11.5 Å². The molecule has 3 nitrogen and oxygen atoms in total. The molecular formula is C11H13IO3S. The second-order valence-electron chi connectivity index (χ2n) is 3.50. The molecule has 0 aliphatic carbocycles. The van der Waals surface area contributed by atoms with Crippen molar-refractivity contribution in [3.05, 3.63) is 35.4 Å². The minimum Gasteiger partial charge on any atom is -0.292 e. The van der Waals surface area contributed by atoms with Gasteiger partial charge in [-0.3, -0.25) is 4.79 Å². The van der Waals surface area contributed by atoms with Crippen LogP contribution in [0, 0.1) is 6.92 Å². The van der Waals surface area contributed by atoms with Gasteiger partial charge in [0.25, 0.3) is 0 Å². The zero-order valence-electron chi connectivity index (χ0n) is 9.10. The van der Waals surface area contributed by atoms with Crippen LogP contribution in [-0.4, -0.2) is 23.2 Å². The summed E-state index contributed by atoms with van der Waals surface area (Å²) in [6.07, 6.45) is 0. The molecule has 0 heterocycles. The van der Waals surface area contributed by atoms with Crippen molar-refractivity contribution < 1.29 is 13.2 Å². The number of halogens is 1. The van der Waals surface area contributed by atoms with Crippen molar-refractivity contribution in [2.24, 2.45) is 0 Å². The summed E-state index contributed by atoms with van der Waals surface area (Å²) in [4.78, 5) is 11.9. The predicted octanol–water partition coefficient (Wildman–Crippen LogP) is 2.37. The Kier molecular flexibility index (Phi) is 4.49. The van der Waals surface area contributed by atoms with E-state index in [1.54, 1.807) is 53.8 Å². The fraction of sp³-hybridized carbons (Fsp3) is 0.364. The van der Waals surface area contributed by atoms with Gasteiger partial charge in [-0.15, -0.1) is 0 Å². The molecule has 5 heteroatoms. The third-order valence-corrected chi connectivity index (χ3v) is 6.80. The maximum Gasteiger partial charge on any atom is 0.190 e. The first-order valence-electron chi connectivity index (χ1n) is 4.85. The number of alkyl halides is 1. The zero-order valence-corrected chi connectivity index (χ0v) is 12.1. The summed E-state index contributed by atoms with van der Waals surface area (Å²) in [7, 11) is -3.32. The molecule has 0 aliphatic rings. The fourth-order valence-corrected chi connectivity index (χ4v) is 3.35. The number of rotatable bonds is 4. The first kappa shape index (κ1) is 13.6. The molecule has 0 saturated heterocycles. The molecule has 16 heavy (non-hydrogen) atoms. The van der Waals surface area contributed by atoms with E-state index in [9.17, 15) is 13.2 Å². The Balaban J connectivity index is 2.99. The molecule has 0 aromatic heterocycles. The van der Waals surface area contributed by atoms with Gasteiger partial charge in [-0.1, -0.05) is 59.3 Å². The second-order valence-corrected chi connectivity index (χ2v) is 7.96. The smallest absolute Gasteiger partial charge is 0.190 e. The van der Waals surface area contributed by atoms with Crippen LogP contribution in [-0.2, 0) is 9.84 Å². The quantitative estimate of drug-likeness (QED) is 0.475. The number of ketones is 1. The molecule has 0 amide bonds. The molecule has 0 fully saturated rings. The van der Waals surface area contributed by atoms with Crippen LogP contribution in [0.4, 0.5) is 0 Å². The number of aryl methyl sites for hydroxylation is 1. The van der Waals surface area contributed by atoms with Crippen LogP contribution < -0.4 is 0 Å². The number of carbonyl (C=O) groups excluding carboxylic acids is 1. The molecule has 1 aromatic carbocycles. The Morgan fingerprint density at radius 1 is 1.31 bits per heavy atom. The normalized spacial score (nSPS) is 13.4. The fourth-order valence-electron chi connectivity index (χ4n) is 1.16. The first-order chi connectivity index (χ1) is 7.38. The highest BCUT2D eigenvalue weighted by Crippen LogP contribution is 2.17. The minimum atomic E-state index is -3.32. The van der Waals surface area contributed by atoms with Gasteiger partial charge in [0.2, 0.25) is 0 Å².